The van der Waals surface area contributed by atoms with Gasteiger partial charge in [-0.2, -0.15) is 0 Å². The Morgan fingerprint density at radius 2 is 1.89 bits per heavy atom. The topological polar surface area (TPSA) is 61.4 Å². The van der Waals surface area contributed by atoms with Gasteiger partial charge in [0.1, 0.15) is 0 Å². The van der Waals surface area contributed by atoms with Crippen LogP contribution in [0.3, 0.4) is 0 Å². The molecule has 0 radical (unpaired) electrons. The smallest absolute Gasteiger partial charge is 0.310 e. The maximum Gasteiger partial charge on any atom is 0.310 e. The summed E-state index contributed by atoms with van der Waals surface area (Å²) in [5, 5.41) is 16.4. The first-order valence-corrected chi connectivity index (χ1v) is 10.3. The third-order valence-electron chi connectivity index (χ3n) is 6.14. The highest BCUT2D eigenvalue weighted by Crippen LogP contribution is 2.40. The lowest BCUT2D eigenvalue weighted by molar-refractivity contribution is -0.146. The molecule has 0 saturated heterocycles. The van der Waals surface area contributed by atoms with E-state index >= 15 is 0 Å². The van der Waals surface area contributed by atoms with Gasteiger partial charge in [0.05, 0.1) is 5.41 Å². The second-order valence-electron chi connectivity index (χ2n) is 8.94. The van der Waals surface area contributed by atoms with Gasteiger partial charge in [-0.05, 0) is 63.5 Å². The maximum atomic E-state index is 11.2. The number of carboxylic acid groups (broad SMARTS) is 1. The molecule has 27 heavy (non-hydrogen) atoms. The van der Waals surface area contributed by atoms with E-state index in [0.717, 1.165) is 31.7 Å². The Morgan fingerprint density at radius 1 is 1.19 bits per heavy atom. The van der Waals surface area contributed by atoms with Gasteiger partial charge in [-0.15, -0.1) is 0 Å². The van der Waals surface area contributed by atoms with Gasteiger partial charge in [-0.25, -0.2) is 0 Å². The molecule has 0 aliphatic heterocycles. The Labute approximate surface area is 163 Å². The lowest BCUT2D eigenvalue weighted by Gasteiger charge is -2.37. The summed E-state index contributed by atoms with van der Waals surface area (Å²) < 4.78 is 0. The van der Waals surface area contributed by atoms with Crippen molar-refractivity contribution < 1.29 is 9.90 Å². The number of benzene rings is 1. The lowest BCUT2D eigenvalue weighted by Crippen LogP contribution is -2.49. The average molecular weight is 371 g/mol. The van der Waals surface area contributed by atoms with E-state index in [0.29, 0.717) is 24.5 Å². The molecular weight excluding hydrogens is 336 g/mol. The fourth-order valence-corrected chi connectivity index (χ4v) is 3.93. The summed E-state index contributed by atoms with van der Waals surface area (Å²) in [5.41, 5.74) is 2.17. The molecule has 2 atom stereocenters. The summed E-state index contributed by atoms with van der Waals surface area (Å²) in [7, 11) is 0. The molecule has 2 fully saturated rings. The predicted molar refractivity (Wildman–Crippen MR) is 111 cm³/mol. The van der Waals surface area contributed by atoms with Crippen molar-refractivity contribution in [2.75, 3.05) is 13.1 Å². The van der Waals surface area contributed by atoms with E-state index in [1.54, 1.807) is 19.4 Å². The normalized spacial score (nSPS) is 27.9. The molecule has 0 aromatic heterocycles. The SMILES string of the molecule is CC/C(=C\c1ccccc1)C1CC1NCC1CC(NCC(C)(C)C(=O)O)C1. The van der Waals surface area contributed by atoms with Crippen LogP contribution < -0.4 is 10.6 Å². The fourth-order valence-electron chi connectivity index (χ4n) is 3.93. The van der Waals surface area contributed by atoms with E-state index in [1.165, 1.54) is 12.0 Å². The maximum absolute atomic E-state index is 11.2. The third-order valence-corrected chi connectivity index (χ3v) is 6.14. The van der Waals surface area contributed by atoms with Gasteiger partial charge >= 0.3 is 5.97 Å². The lowest BCUT2D eigenvalue weighted by atomic mass is 9.79. The summed E-state index contributed by atoms with van der Waals surface area (Å²) >= 11 is 0. The second-order valence-corrected chi connectivity index (χ2v) is 8.94. The van der Waals surface area contributed by atoms with Crippen LogP contribution in [0.2, 0.25) is 0 Å². The molecule has 4 nitrogen and oxygen atoms in total. The number of carbonyl (C=O) groups is 1. The van der Waals surface area contributed by atoms with Crippen molar-refractivity contribution in [2.45, 2.75) is 58.5 Å². The van der Waals surface area contributed by atoms with Crippen LogP contribution in [0, 0.1) is 17.3 Å². The van der Waals surface area contributed by atoms with Crippen molar-refractivity contribution in [3.8, 4) is 0 Å². The van der Waals surface area contributed by atoms with Gasteiger partial charge in [0.15, 0.2) is 0 Å². The monoisotopic (exact) mass is 370 g/mol. The standard InChI is InChI=1S/C23H34N2O2/c1-4-18(10-16-8-6-5-7-9-16)20-13-21(20)24-14-17-11-19(12-17)25-15-23(2,3)22(26)27/h5-10,17,19-21,24-25H,4,11-15H2,1-3H3,(H,26,27)/b18-10+. The third kappa shape index (κ3) is 5.43. The van der Waals surface area contributed by atoms with Crippen LogP contribution in [0.1, 0.15) is 52.0 Å². The van der Waals surface area contributed by atoms with Crippen LogP contribution in [0.5, 0.6) is 0 Å². The first kappa shape index (κ1) is 20.1. The molecule has 1 aromatic rings. The molecule has 2 unspecified atom stereocenters. The van der Waals surface area contributed by atoms with Crippen molar-refractivity contribution in [1.29, 1.82) is 0 Å². The minimum atomic E-state index is -0.734. The van der Waals surface area contributed by atoms with Crippen molar-refractivity contribution in [3.05, 3.63) is 41.5 Å². The molecule has 1 aromatic carbocycles. The van der Waals surface area contributed by atoms with Gasteiger partial charge in [0, 0.05) is 18.6 Å². The predicted octanol–water partition coefficient (Wildman–Crippen LogP) is 3.94. The van der Waals surface area contributed by atoms with Gasteiger partial charge in [-0.1, -0.05) is 48.9 Å². The second kappa shape index (κ2) is 8.57. The highest BCUT2D eigenvalue weighted by molar-refractivity contribution is 5.73. The van der Waals surface area contributed by atoms with E-state index in [9.17, 15) is 9.90 Å². The highest BCUT2D eigenvalue weighted by Gasteiger charge is 2.40. The Hall–Kier alpha value is -1.65. The van der Waals surface area contributed by atoms with Crippen molar-refractivity contribution in [2.24, 2.45) is 17.3 Å². The zero-order valence-electron chi connectivity index (χ0n) is 16.9. The van der Waals surface area contributed by atoms with Crippen LogP contribution >= 0.6 is 0 Å². The molecule has 2 aliphatic rings. The molecule has 4 heteroatoms. The van der Waals surface area contributed by atoms with Crippen LogP contribution in [-0.4, -0.2) is 36.2 Å². The fraction of sp³-hybridized carbons (Fsp3) is 0.609. The summed E-state index contributed by atoms with van der Waals surface area (Å²) in [6.45, 7) is 7.44. The number of hydrogen-bond donors (Lipinski definition) is 3. The highest BCUT2D eigenvalue weighted by atomic mass is 16.4. The van der Waals surface area contributed by atoms with E-state index < -0.39 is 11.4 Å². The molecule has 0 spiro atoms. The quantitative estimate of drug-likeness (QED) is 0.584. The first-order valence-electron chi connectivity index (χ1n) is 10.3. The molecule has 0 amide bonds. The molecule has 3 N–H and O–H groups in total. The van der Waals surface area contributed by atoms with Gasteiger partial charge < -0.3 is 15.7 Å². The van der Waals surface area contributed by atoms with Crippen LogP contribution in [0.15, 0.2) is 35.9 Å². The Kier molecular flexibility index (Phi) is 6.38. The van der Waals surface area contributed by atoms with Crippen LogP contribution in [-0.2, 0) is 4.79 Å². The van der Waals surface area contributed by atoms with E-state index in [-0.39, 0.29) is 0 Å². The van der Waals surface area contributed by atoms with Crippen molar-refractivity contribution in [3.63, 3.8) is 0 Å². The zero-order valence-corrected chi connectivity index (χ0v) is 16.9. The number of rotatable bonds is 10. The Morgan fingerprint density at radius 3 is 2.52 bits per heavy atom. The minimum Gasteiger partial charge on any atom is -0.481 e. The largest absolute Gasteiger partial charge is 0.481 e. The molecule has 0 bridgehead atoms. The average Bonchev–Trinajstić information content (AvgIpc) is 3.38. The summed E-state index contributed by atoms with van der Waals surface area (Å²) in [6.07, 6.45) is 7.04. The molecule has 148 valence electrons. The van der Waals surface area contributed by atoms with E-state index in [4.69, 9.17) is 0 Å². The minimum absolute atomic E-state index is 0.481. The van der Waals surface area contributed by atoms with Crippen molar-refractivity contribution >= 4 is 12.0 Å². The van der Waals surface area contributed by atoms with Gasteiger partial charge in [-0.3, -0.25) is 4.79 Å². The molecule has 0 heterocycles. The molecule has 3 rings (SSSR count). The number of aliphatic carboxylic acids is 1. The Bertz CT molecular complexity index is 662. The summed E-state index contributed by atoms with van der Waals surface area (Å²) in [5.74, 6) is 0.683. The summed E-state index contributed by atoms with van der Waals surface area (Å²) in [4.78, 5) is 11.2. The number of hydrogen-bond acceptors (Lipinski definition) is 3. The van der Waals surface area contributed by atoms with Crippen LogP contribution in [0.4, 0.5) is 0 Å². The van der Waals surface area contributed by atoms with Crippen molar-refractivity contribution in [1.82, 2.24) is 10.6 Å². The number of nitrogens with one attached hydrogen (secondary N) is 2. The zero-order chi connectivity index (χ0) is 19.4. The van der Waals surface area contributed by atoms with Crippen LogP contribution in [0.25, 0.3) is 6.08 Å². The van der Waals surface area contributed by atoms with E-state index in [2.05, 4.69) is 54.0 Å². The van der Waals surface area contributed by atoms with Gasteiger partial charge in [0.25, 0.3) is 0 Å². The molecular formula is C23H34N2O2. The Balaban J connectivity index is 1.35. The van der Waals surface area contributed by atoms with Gasteiger partial charge in [0.2, 0.25) is 0 Å². The number of carboxylic acids is 1. The molecule has 2 saturated carbocycles. The molecule has 2 aliphatic carbocycles. The summed E-state index contributed by atoms with van der Waals surface area (Å²) in [6, 6.07) is 11.7. The first-order chi connectivity index (χ1) is 12.9. The van der Waals surface area contributed by atoms with E-state index in [1.807, 2.05) is 0 Å².